The molecule has 1 saturated heterocycles. The van der Waals surface area contributed by atoms with Crippen molar-refractivity contribution in [1.29, 1.82) is 0 Å². The molecular weight excluding hydrogens is 286 g/mol. The number of ether oxygens (including phenoxy) is 1. The molecule has 0 spiro atoms. The number of carbonyl (C=O) groups is 2. The zero-order valence-corrected chi connectivity index (χ0v) is 12.5. The second-order valence-corrected chi connectivity index (χ2v) is 5.93. The van der Waals surface area contributed by atoms with Gasteiger partial charge < -0.3 is 9.64 Å². The van der Waals surface area contributed by atoms with E-state index in [1.165, 1.54) is 18.4 Å². The molecule has 4 nitrogen and oxygen atoms in total. The Balaban J connectivity index is 2.11. The highest BCUT2D eigenvalue weighted by Gasteiger charge is 2.30. The van der Waals surface area contributed by atoms with Gasteiger partial charge in [-0.3, -0.25) is 9.59 Å². The quantitative estimate of drug-likeness (QED) is 0.789. The Kier molecular flexibility index (Phi) is 4.47. The van der Waals surface area contributed by atoms with E-state index in [9.17, 15) is 9.59 Å². The first-order valence-electron chi connectivity index (χ1n) is 6.15. The van der Waals surface area contributed by atoms with Gasteiger partial charge in [0.05, 0.1) is 18.1 Å². The van der Waals surface area contributed by atoms with Crippen molar-refractivity contribution in [3.05, 3.63) is 20.8 Å². The van der Waals surface area contributed by atoms with Gasteiger partial charge in [0.25, 0.3) is 5.91 Å². The molecule has 1 amide bonds. The van der Waals surface area contributed by atoms with Crippen LogP contribution in [0.3, 0.4) is 0 Å². The van der Waals surface area contributed by atoms with Crippen LogP contribution in [0.2, 0.25) is 5.02 Å². The van der Waals surface area contributed by atoms with Gasteiger partial charge in [0, 0.05) is 13.1 Å². The van der Waals surface area contributed by atoms with Crippen molar-refractivity contribution in [3.8, 4) is 0 Å². The molecule has 1 fully saturated rings. The average molecular weight is 302 g/mol. The number of thiophene rings is 1. The van der Waals surface area contributed by atoms with Crippen LogP contribution in [0.25, 0.3) is 0 Å². The number of piperidine rings is 1. The minimum Gasteiger partial charge on any atom is -0.469 e. The maximum atomic E-state index is 12.4. The summed E-state index contributed by atoms with van der Waals surface area (Å²) in [6.07, 6.45) is 1.58. The Labute approximate surface area is 121 Å². The van der Waals surface area contributed by atoms with Crippen LogP contribution in [-0.2, 0) is 9.53 Å². The third-order valence-corrected chi connectivity index (χ3v) is 5.02. The summed E-state index contributed by atoms with van der Waals surface area (Å²) < 4.78 is 4.75. The predicted octanol–water partition coefficient (Wildman–Crippen LogP) is 2.74. The molecule has 19 heavy (non-hydrogen) atoms. The van der Waals surface area contributed by atoms with Gasteiger partial charge in [-0.1, -0.05) is 11.6 Å². The summed E-state index contributed by atoms with van der Waals surface area (Å²) in [6.45, 7) is 2.96. The molecule has 0 aromatic carbocycles. The standard InChI is InChI=1S/C13H16ClNO3S/c1-8-7-19-11(10(8)14)12(16)15-5-3-4-9(6-15)13(17)18-2/h7,9H,3-6H2,1-2H3. The molecule has 1 aliphatic rings. The fourth-order valence-electron chi connectivity index (χ4n) is 2.24. The Hall–Kier alpha value is -1.07. The molecule has 0 bridgehead atoms. The van der Waals surface area contributed by atoms with Gasteiger partial charge in [-0.2, -0.15) is 0 Å². The van der Waals surface area contributed by atoms with Crippen molar-refractivity contribution >= 4 is 34.8 Å². The van der Waals surface area contributed by atoms with E-state index < -0.39 is 0 Å². The van der Waals surface area contributed by atoms with E-state index in [4.69, 9.17) is 16.3 Å². The molecule has 1 unspecified atom stereocenters. The van der Waals surface area contributed by atoms with Crippen LogP contribution >= 0.6 is 22.9 Å². The lowest BCUT2D eigenvalue weighted by atomic mass is 9.98. The lowest BCUT2D eigenvalue weighted by Gasteiger charge is -2.31. The van der Waals surface area contributed by atoms with E-state index in [1.807, 2.05) is 12.3 Å². The highest BCUT2D eigenvalue weighted by molar-refractivity contribution is 7.13. The van der Waals surface area contributed by atoms with Crippen LogP contribution in [0.5, 0.6) is 0 Å². The van der Waals surface area contributed by atoms with Gasteiger partial charge in [-0.05, 0) is 30.7 Å². The molecule has 104 valence electrons. The fourth-order valence-corrected chi connectivity index (χ4v) is 3.48. The number of esters is 1. The summed E-state index contributed by atoms with van der Waals surface area (Å²) in [4.78, 5) is 26.2. The van der Waals surface area contributed by atoms with Gasteiger partial charge in [0.1, 0.15) is 4.88 Å². The molecular formula is C13H16ClNO3S. The van der Waals surface area contributed by atoms with Gasteiger partial charge in [-0.25, -0.2) is 0 Å². The Bertz CT molecular complexity index is 500. The summed E-state index contributed by atoms with van der Waals surface area (Å²) in [5.74, 6) is -0.551. The number of halogens is 1. The van der Waals surface area contributed by atoms with Gasteiger partial charge in [-0.15, -0.1) is 11.3 Å². The smallest absolute Gasteiger partial charge is 0.310 e. The summed E-state index contributed by atoms with van der Waals surface area (Å²) >= 11 is 7.47. The first kappa shape index (κ1) is 14.3. The van der Waals surface area contributed by atoms with Crippen molar-refractivity contribution in [2.75, 3.05) is 20.2 Å². The number of aryl methyl sites for hydroxylation is 1. The molecule has 0 radical (unpaired) electrons. The monoisotopic (exact) mass is 301 g/mol. The van der Waals surface area contributed by atoms with Crippen LogP contribution in [0.15, 0.2) is 5.38 Å². The van der Waals surface area contributed by atoms with Crippen molar-refractivity contribution < 1.29 is 14.3 Å². The van der Waals surface area contributed by atoms with Gasteiger partial charge in [0.2, 0.25) is 0 Å². The molecule has 0 saturated carbocycles. The number of rotatable bonds is 2. The molecule has 1 atom stereocenters. The second kappa shape index (κ2) is 5.92. The highest BCUT2D eigenvalue weighted by atomic mass is 35.5. The summed E-state index contributed by atoms with van der Waals surface area (Å²) in [6, 6.07) is 0. The third kappa shape index (κ3) is 2.92. The number of amides is 1. The van der Waals surface area contributed by atoms with E-state index in [-0.39, 0.29) is 17.8 Å². The fraction of sp³-hybridized carbons (Fsp3) is 0.538. The number of likely N-dealkylation sites (tertiary alicyclic amines) is 1. The molecule has 0 N–H and O–H groups in total. The lowest BCUT2D eigenvalue weighted by molar-refractivity contribution is -0.146. The largest absolute Gasteiger partial charge is 0.469 e. The molecule has 6 heteroatoms. The summed E-state index contributed by atoms with van der Waals surface area (Å²) in [5.41, 5.74) is 0.913. The first-order chi connectivity index (χ1) is 9.04. The molecule has 1 aromatic rings. The third-order valence-electron chi connectivity index (χ3n) is 3.34. The molecule has 0 aliphatic carbocycles. The second-order valence-electron chi connectivity index (χ2n) is 4.68. The first-order valence-corrected chi connectivity index (χ1v) is 7.41. The zero-order valence-electron chi connectivity index (χ0n) is 10.9. The van der Waals surface area contributed by atoms with E-state index in [0.717, 1.165) is 18.4 Å². The number of methoxy groups -OCH3 is 1. The SMILES string of the molecule is COC(=O)C1CCCN(C(=O)c2scc(C)c2Cl)C1. The summed E-state index contributed by atoms with van der Waals surface area (Å²) in [5, 5.41) is 2.40. The number of carbonyl (C=O) groups excluding carboxylic acids is 2. The lowest BCUT2D eigenvalue weighted by Crippen LogP contribution is -2.42. The van der Waals surface area contributed by atoms with E-state index >= 15 is 0 Å². The Morgan fingerprint density at radius 3 is 2.84 bits per heavy atom. The van der Waals surface area contributed by atoms with E-state index in [1.54, 1.807) is 4.90 Å². The maximum Gasteiger partial charge on any atom is 0.310 e. The topological polar surface area (TPSA) is 46.6 Å². The number of hydrogen-bond donors (Lipinski definition) is 0. The molecule has 2 heterocycles. The highest BCUT2D eigenvalue weighted by Crippen LogP contribution is 2.29. The van der Waals surface area contributed by atoms with Crippen molar-refractivity contribution in [2.45, 2.75) is 19.8 Å². The average Bonchev–Trinajstić information content (AvgIpc) is 2.77. The van der Waals surface area contributed by atoms with Crippen LogP contribution < -0.4 is 0 Å². The molecule has 1 aliphatic heterocycles. The van der Waals surface area contributed by atoms with E-state index in [2.05, 4.69) is 0 Å². The van der Waals surface area contributed by atoms with Crippen LogP contribution in [0.1, 0.15) is 28.1 Å². The Morgan fingerprint density at radius 2 is 2.26 bits per heavy atom. The van der Waals surface area contributed by atoms with Crippen LogP contribution in [0.4, 0.5) is 0 Å². The number of hydrogen-bond acceptors (Lipinski definition) is 4. The normalized spacial score (nSPS) is 19.3. The van der Waals surface area contributed by atoms with Crippen LogP contribution in [0, 0.1) is 12.8 Å². The maximum absolute atomic E-state index is 12.4. The van der Waals surface area contributed by atoms with Crippen LogP contribution in [-0.4, -0.2) is 37.0 Å². The summed E-state index contributed by atoms with van der Waals surface area (Å²) in [7, 11) is 1.38. The van der Waals surface area contributed by atoms with Crippen molar-refractivity contribution in [1.82, 2.24) is 4.90 Å². The Morgan fingerprint density at radius 1 is 1.53 bits per heavy atom. The zero-order chi connectivity index (χ0) is 14.0. The molecule has 1 aromatic heterocycles. The molecule has 2 rings (SSSR count). The minimum atomic E-state index is -0.244. The van der Waals surface area contributed by atoms with Gasteiger partial charge >= 0.3 is 5.97 Å². The van der Waals surface area contributed by atoms with E-state index in [0.29, 0.717) is 23.0 Å². The number of nitrogens with zero attached hydrogens (tertiary/aromatic N) is 1. The predicted molar refractivity (Wildman–Crippen MR) is 74.7 cm³/mol. The van der Waals surface area contributed by atoms with Crippen molar-refractivity contribution in [3.63, 3.8) is 0 Å². The van der Waals surface area contributed by atoms with Gasteiger partial charge in [0.15, 0.2) is 0 Å². The van der Waals surface area contributed by atoms with Crippen molar-refractivity contribution in [2.24, 2.45) is 5.92 Å². The minimum absolute atomic E-state index is 0.0864.